The molecular formula is C10H15N3O4S. The highest BCUT2D eigenvalue weighted by Crippen LogP contribution is 2.11. The maximum absolute atomic E-state index is 10.9. The van der Waals surface area contributed by atoms with Crippen LogP contribution in [0.2, 0.25) is 0 Å². The highest BCUT2D eigenvalue weighted by molar-refractivity contribution is 7.90. The molecule has 0 fully saturated rings. The van der Waals surface area contributed by atoms with Gasteiger partial charge in [0.1, 0.15) is 27.0 Å². The predicted octanol–water partition coefficient (Wildman–Crippen LogP) is 0.330. The van der Waals surface area contributed by atoms with Crippen LogP contribution >= 0.6 is 0 Å². The second-order valence-corrected chi connectivity index (χ2v) is 6.15. The summed E-state index contributed by atoms with van der Waals surface area (Å²) in [5.74, 6) is -0.415. The zero-order valence-corrected chi connectivity index (χ0v) is 11.0. The van der Waals surface area contributed by atoms with Crippen molar-refractivity contribution in [3.05, 3.63) is 17.6 Å². The van der Waals surface area contributed by atoms with Crippen LogP contribution in [0.1, 0.15) is 22.6 Å². The summed E-state index contributed by atoms with van der Waals surface area (Å²) < 4.78 is 21.8. The molecule has 100 valence electrons. The van der Waals surface area contributed by atoms with Gasteiger partial charge in [-0.2, -0.15) is 0 Å². The van der Waals surface area contributed by atoms with Crippen molar-refractivity contribution < 1.29 is 18.3 Å². The molecule has 2 N–H and O–H groups in total. The molecular weight excluding hydrogens is 258 g/mol. The van der Waals surface area contributed by atoms with Crippen molar-refractivity contribution in [2.24, 2.45) is 0 Å². The summed E-state index contributed by atoms with van der Waals surface area (Å²) in [6.07, 6.45) is 2.77. The fraction of sp³-hybridized carbons (Fsp3) is 0.500. The number of nitrogens with zero attached hydrogens (tertiary/aromatic N) is 2. The van der Waals surface area contributed by atoms with E-state index in [1.807, 2.05) is 0 Å². The molecule has 7 nitrogen and oxygen atoms in total. The highest BCUT2D eigenvalue weighted by Gasteiger charge is 2.12. The number of hydrogen-bond donors (Lipinski definition) is 2. The number of carboxylic acids is 1. The number of anilines is 1. The van der Waals surface area contributed by atoms with Gasteiger partial charge < -0.3 is 10.4 Å². The Balaban J connectivity index is 2.66. The summed E-state index contributed by atoms with van der Waals surface area (Å²) >= 11 is 0. The predicted molar refractivity (Wildman–Crippen MR) is 66.5 cm³/mol. The third kappa shape index (κ3) is 4.66. The topological polar surface area (TPSA) is 109 Å². The lowest BCUT2D eigenvalue weighted by Crippen LogP contribution is -2.14. The maximum Gasteiger partial charge on any atom is 0.341 e. The van der Waals surface area contributed by atoms with Gasteiger partial charge in [-0.05, 0) is 13.3 Å². The Morgan fingerprint density at radius 2 is 2.17 bits per heavy atom. The number of nitrogens with one attached hydrogen (secondary N) is 1. The fourth-order valence-corrected chi connectivity index (χ4v) is 1.97. The average Bonchev–Trinajstić information content (AvgIpc) is 2.22. The number of aromatic nitrogens is 2. The van der Waals surface area contributed by atoms with Crippen LogP contribution in [0.25, 0.3) is 0 Å². The van der Waals surface area contributed by atoms with Crippen molar-refractivity contribution in [1.82, 2.24) is 9.97 Å². The third-order valence-electron chi connectivity index (χ3n) is 2.12. The summed E-state index contributed by atoms with van der Waals surface area (Å²) in [7, 11) is -3.00. The van der Waals surface area contributed by atoms with E-state index in [0.717, 1.165) is 6.26 Å². The van der Waals surface area contributed by atoms with Crippen LogP contribution in [0.15, 0.2) is 6.20 Å². The van der Waals surface area contributed by atoms with E-state index in [1.54, 1.807) is 6.92 Å². The molecule has 0 unspecified atom stereocenters. The van der Waals surface area contributed by atoms with E-state index < -0.39 is 15.8 Å². The van der Waals surface area contributed by atoms with E-state index in [2.05, 4.69) is 15.3 Å². The lowest BCUT2D eigenvalue weighted by molar-refractivity contribution is 0.0697. The molecule has 0 aliphatic carbocycles. The normalized spacial score (nSPS) is 11.2. The van der Waals surface area contributed by atoms with E-state index in [4.69, 9.17) is 5.11 Å². The number of carbonyl (C=O) groups is 1. The first-order valence-corrected chi connectivity index (χ1v) is 7.34. The molecule has 0 saturated carbocycles. The first-order chi connectivity index (χ1) is 8.29. The quantitative estimate of drug-likeness (QED) is 0.719. The molecule has 0 radical (unpaired) electrons. The zero-order chi connectivity index (χ0) is 13.8. The summed E-state index contributed by atoms with van der Waals surface area (Å²) in [6, 6.07) is 0. The molecule has 0 aliphatic rings. The molecule has 0 bridgehead atoms. The van der Waals surface area contributed by atoms with Gasteiger partial charge in [-0.15, -0.1) is 0 Å². The van der Waals surface area contributed by atoms with E-state index >= 15 is 0 Å². The Hall–Kier alpha value is -1.70. The molecule has 0 spiro atoms. The molecule has 0 amide bonds. The van der Waals surface area contributed by atoms with Crippen LogP contribution in [-0.4, -0.2) is 48.0 Å². The van der Waals surface area contributed by atoms with Crippen molar-refractivity contribution >= 4 is 21.6 Å². The van der Waals surface area contributed by atoms with Crippen molar-refractivity contribution in [2.75, 3.05) is 23.9 Å². The molecule has 1 heterocycles. The molecule has 1 aromatic heterocycles. The summed E-state index contributed by atoms with van der Waals surface area (Å²) in [4.78, 5) is 18.7. The van der Waals surface area contributed by atoms with Crippen molar-refractivity contribution in [2.45, 2.75) is 13.3 Å². The number of hydrogen-bond acceptors (Lipinski definition) is 6. The Bertz CT molecular complexity index is 542. The monoisotopic (exact) mass is 273 g/mol. The number of sulfone groups is 1. The second-order valence-electron chi connectivity index (χ2n) is 3.89. The van der Waals surface area contributed by atoms with Crippen LogP contribution in [0.5, 0.6) is 0 Å². The van der Waals surface area contributed by atoms with Gasteiger partial charge in [-0.3, -0.25) is 0 Å². The van der Waals surface area contributed by atoms with Crippen LogP contribution in [-0.2, 0) is 9.84 Å². The van der Waals surface area contributed by atoms with E-state index in [1.165, 1.54) is 6.20 Å². The lowest BCUT2D eigenvalue weighted by Gasteiger charge is -2.08. The Morgan fingerprint density at radius 3 is 2.72 bits per heavy atom. The van der Waals surface area contributed by atoms with E-state index in [0.29, 0.717) is 18.8 Å². The van der Waals surface area contributed by atoms with E-state index in [-0.39, 0.29) is 17.1 Å². The minimum atomic E-state index is -3.00. The number of rotatable bonds is 6. The van der Waals surface area contributed by atoms with Gasteiger partial charge >= 0.3 is 5.97 Å². The minimum absolute atomic E-state index is 0.0278. The largest absolute Gasteiger partial charge is 0.477 e. The zero-order valence-electron chi connectivity index (χ0n) is 10.2. The van der Waals surface area contributed by atoms with Crippen LogP contribution < -0.4 is 5.32 Å². The first kappa shape index (κ1) is 14.4. The van der Waals surface area contributed by atoms with Gasteiger partial charge in [0.25, 0.3) is 0 Å². The Kier molecular flexibility index (Phi) is 4.60. The van der Waals surface area contributed by atoms with Gasteiger partial charge in [-0.1, -0.05) is 0 Å². The number of aromatic carboxylic acids is 1. The van der Waals surface area contributed by atoms with Gasteiger partial charge in [-0.25, -0.2) is 23.2 Å². The molecule has 0 aromatic carbocycles. The maximum atomic E-state index is 10.9. The molecule has 0 saturated heterocycles. The van der Waals surface area contributed by atoms with Crippen LogP contribution in [0, 0.1) is 6.92 Å². The number of aryl methyl sites for hydroxylation is 1. The first-order valence-electron chi connectivity index (χ1n) is 5.28. The van der Waals surface area contributed by atoms with Gasteiger partial charge in [0, 0.05) is 19.0 Å². The Morgan fingerprint density at radius 1 is 1.50 bits per heavy atom. The summed E-state index contributed by atoms with van der Waals surface area (Å²) in [5, 5.41) is 11.7. The second kappa shape index (κ2) is 5.76. The van der Waals surface area contributed by atoms with Crippen molar-refractivity contribution in [3.8, 4) is 0 Å². The summed E-state index contributed by atoms with van der Waals surface area (Å²) in [6.45, 7) is 1.98. The third-order valence-corrected chi connectivity index (χ3v) is 3.15. The molecule has 8 heteroatoms. The molecule has 18 heavy (non-hydrogen) atoms. The SMILES string of the molecule is Cc1ncc(C(=O)O)c(NCCCS(C)(=O)=O)n1. The minimum Gasteiger partial charge on any atom is -0.477 e. The van der Waals surface area contributed by atoms with Crippen LogP contribution in [0.3, 0.4) is 0 Å². The standard InChI is InChI=1S/C10H15N3O4S/c1-7-12-6-8(10(14)15)9(13-7)11-4-3-5-18(2,16)17/h6H,3-5H2,1-2H3,(H,14,15)(H,11,12,13). The van der Waals surface area contributed by atoms with Gasteiger partial charge in [0.15, 0.2) is 0 Å². The number of carboxylic acid groups (broad SMARTS) is 1. The molecule has 1 aromatic rings. The van der Waals surface area contributed by atoms with Crippen LogP contribution in [0.4, 0.5) is 5.82 Å². The van der Waals surface area contributed by atoms with E-state index in [9.17, 15) is 13.2 Å². The Labute approximate surface area is 105 Å². The molecule has 0 aliphatic heterocycles. The van der Waals surface area contributed by atoms with Crippen molar-refractivity contribution in [3.63, 3.8) is 0 Å². The fourth-order valence-electron chi connectivity index (χ4n) is 1.30. The average molecular weight is 273 g/mol. The van der Waals surface area contributed by atoms with Crippen molar-refractivity contribution in [1.29, 1.82) is 0 Å². The van der Waals surface area contributed by atoms with Gasteiger partial charge in [0.2, 0.25) is 0 Å². The summed E-state index contributed by atoms with van der Waals surface area (Å²) in [5.41, 5.74) is -0.0278. The smallest absolute Gasteiger partial charge is 0.341 e. The van der Waals surface area contributed by atoms with Gasteiger partial charge in [0.05, 0.1) is 5.75 Å². The molecule has 0 atom stereocenters. The molecule has 1 rings (SSSR count). The highest BCUT2D eigenvalue weighted by atomic mass is 32.2. The lowest BCUT2D eigenvalue weighted by atomic mass is 10.3.